The predicted molar refractivity (Wildman–Crippen MR) is 191 cm³/mol. The molecule has 0 N–H and O–H groups in total. The van der Waals surface area contributed by atoms with E-state index in [1.165, 1.54) is 12.1 Å². The van der Waals surface area contributed by atoms with Gasteiger partial charge in [-0.2, -0.15) is 13.2 Å². The number of halogens is 3. The van der Waals surface area contributed by atoms with Crippen LogP contribution in [0.15, 0.2) is 136 Å². The van der Waals surface area contributed by atoms with Crippen LogP contribution in [0, 0.1) is 6.92 Å². The van der Waals surface area contributed by atoms with Crippen LogP contribution in [-0.2, 0) is 6.18 Å². The van der Waals surface area contributed by atoms with E-state index in [-0.39, 0.29) is 0 Å². The van der Waals surface area contributed by atoms with Gasteiger partial charge in [0.1, 0.15) is 22.3 Å². The van der Waals surface area contributed by atoms with E-state index in [4.69, 9.17) is 8.83 Å². The summed E-state index contributed by atoms with van der Waals surface area (Å²) in [6, 6.07) is 39.9. The van der Waals surface area contributed by atoms with Crippen LogP contribution in [0.1, 0.15) is 25.0 Å². The lowest BCUT2D eigenvalue weighted by atomic mass is 10.1. The minimum absolute atomic E-state index is 0.640. The highest BCUT2D eigenvalue weighted by Gasteiger charge is 2.30. The first-order valence-corrected chi connectivity index (χ1v) is 15.9. The first kappa shape index (κ1) is 30.9. The zero-order valence-electron chi connectivity index (χ0n) is 27.0. The summed E-state index contributed by atoms with van der Waals surface area (Å²) in [5.41, 5.74) is 7.87. The molecule has 8 rings (SSSR count). The number of anilines is 5. The fraction of sp³-hybridized carbons (Fsp3) is 0.122. The van der Waals surface area contributed by atoms with Crippen molar-refractivity contribution in [1.82, 2.24) is 0 Å². The van der Waals surface area contributed by atoms with Crippen molar-refractivity contribution in [3.05, 3.63) is 139 Å². The lowest BCUT2D eigenvalue weighted by molar-refractivity contribution is -0.137. The molecule has 0 atom stereocenters. The van der Waals surface area contributed by atoms with Gasteiger partial charge in [0.15, 0.2) is 0 Å². The van der Waals surface area contributed by atoms with E-state index in [1.54, 1.807) is 0 Å². The monoisotopic (exact) mass is 642 g/mol. The first-order valence-electron chi connectivity index (χ1n) is 15.9. The molecule has 2 heterocycles. The largest absolute Gasteiger partial charge is 0.456 e. The standard InChI is InChI=1S/C39H27F3N2O2.C2H6/c1-24-8-16-31-33-18-14-29(22-37(33)45-35(31)20-24)44(27-6-4-3-5-7-27)30-15-19-34-32-17-13-28(21-36(32)46-38(34)23-30)43(2)26-11-9-25(10-12-26)39(40,41)42;1-2/h3-23H,1-2H3;1-2H3. The molecule has 240 valence electrons. The summed E-state index contributed by atoms with van der Waals surface area (Å²) in [7, 11) is 1.82. The van der Waals surface area contributed by atoms with Crippen molar-refractivity contribution >= 4 is 72.3 Å². The number of rotatable bonds is 5. The topological polar surface area (TPSA) is 32.8 Å². The maximum absolute atomic E-state index is 13.1. The Morgan fingerprint density at radius 1 is 0.479 bits per heavy atom. The molecule has 0 aliphatic carbocycles. The fourth-order valence-electron chi connectivity index (χ4n) is 6.16. The summed E-state index contributed by atoms with van der Waals surface area (Å²) in [5, 5.41) is 4.08. The summed E-state index contributed by atoms with van der Waals surface area (Å²) in [6.45, 7) is 6.06. The molecule has 0 saturated heterocycles. The third kappa shape index (κ3) is 5.51. The maximum atomic E-state index is 13.1. The molecule has 6 aromatic carbocycles. The van der Waals surface area contributed by atoms with E-state index in [9.17, 15) is 13.2 Å². The average molecular weight is 643 g/mol. The molecule has 0 unspecified atom stereocenters. The summed E-state index contributed by atoms with van der Waals surface area (Å²) < 4.78 is 51.9. The summed E-state index contributed by atoms with van der Waals surface area (Å²) in [4.78, 5) is 4.01. The second-order valence-corrected chi connectivity index (χ2v) is 11.5. The maximum Gasteiger partial charge on any atom is 0.416 e. The molecule has 0 radical (unpaired) electrons. The summed E-state index contributed by atoms with van der Waals surface area (Å²) in [6.07, 6.45) is -4.38. The number of hydrogen-bond acceptors (Lipinski definition) is 4. The number of hydrogen-bond donors (Lipinski definition) is 0. The molecule has 2 aromatic heterocycles. The Bertz CT molecular complexity index is 2390. The number of fused-ring (bicyclic) bond motifs is 6. The molecular weight excluding hydrogens is 609 g/mol. The van der Waals surface area contributed by atoms with Gasteiger partial charge in [-0.05, 0) is 91.3 Å². The lowest BCUT2D eigenvalue weighted by Crippen LogP contribution is -2.10. The van der Waals surface area contributed by atoms with Gasteiger partial charge >= 0.3 is 6.18 Å². The van der Waals surface area contributed by atoms with Crippen LogP contribution in [0.25, 0.3) is 43.9 Å². The van der Waals surface area contributed by atoms with Crippen LogP contribution >= 0.6 is 0 Å². The molecule has 0 amide bonds. The van der Waals surface area contributed by atoms with Crippen molar-refractivity contribution < 1.29 is 22.0 Å². The number of furan rings is 2. The van der Waals surface area contributed by atoms with Gasteiger partial charge in [-0.1, -0.05) is 44.2 Å². The Labute approximate surface area is 276 Å². The Kier molecular flexibility index (Phi) is 7.83. The van der Waals surface area contributed by atoms with Crippen molar-refractivity contribution in [2.24, 2.45) is 0 Å². The summed E-state index contributed by atoms with van der Waals surface area (Å²) in [5.74, 6) is 0. The summed E-state index contributed by atoms with van der Waals surface area (Å²) >= 11 is 0. The number of aryl methyl sites for hydroxylation is 1. The van der Waals surface area contributed by atoms with E-state index >= 15 is 0 Å². The first-order chi connectivity index (χ1) is 23.2. The van der Waals surface area contributed by atoms with Gasteiger partial charge < -0.3 is 18.6 Å². The van der Waals surface area contributed by atoms with E-state index in [1.807, 2.05) is 68.3 Å². The molecule has 4 nitrogen and oxygen atoms in total. The third-order valence-electron chi connectivity index (χ3n) is 8.55. The van der Waals surface area contributed by atoms with Crippen LogP contribution in [0.5, 0.6) is 0 Å². The lowest BCUT2D eigenvalue weighted by Gasteiger charge is -2.25. The SMILES string of the molecule is CC.Cc1ccc2c(c1)oc1cc(N(c3ccccc3)c3ccc4c(c3)oc3cc(N(C)c5ccc(C(F)(F)F)cc5)ccc34)ccc12. The highest BCUT2D eigenvalue weighted by Crippen LogP contribution is 2.41. The Balaban J connectivity index is 0.00000179. The van der Waals surface area contributed by atoms with Gasteiger partial charge in [0.05, 0.1) is 5.56 Å². The van der Waals surface area contributed by atoms with Crippen molar-refractivity contribution in [2.45, 2.75) is 26.9 Å². The minimum Gasteiger partial charge on any atom is -0.456 e. The Hall–Kier alpha value is -5.69. The number of benzene rings is 6. The van der Waals surface area contributed by atoms with Gasteiger partial charge in [0.25, 0.3) is 0 Å². The van der Waals surface area contributed by atoms with Crippen LogP contribution in [0.2, 0.25) is 0 Å². The smallest absolute Gasteiger partial charge is 0.416 e. The molecule has 0 spiro atoms. The van der Waals surface area contributed by atoms with E-state index < -0.39 is 11.7 Å². The van der Waals surface area contributed by atoms with Crippen LogP contribution in [0.4, 0.5) is 41.6 Å². The highest BCUT2D eigenvalue weighted by atomic mass is 19.4. The number of para-hydroxylation sites is 1. The average Bonchev–Trinajstić information content (AvgIpc) is 3.65. The molecule has 7 heteroatoms. The van der Waals surface area contributed by atoms with Gasteiger partial charge in [-0.15, -0.1) is 0 Å². The number of alkyl halides is 3. The van der Waals surface area contributed by atoms with E-state index in [2.05, 4.69) is 72.5 Å². The normalized spacial score (nSPS) is 11.6. The van der Waals surface area contributed by atoms with Crippen molar-refractivity contribution in [1.29, 1.82) is 0 Å². The fourth-order valence-corrected chi connectivity index (χ4v) is 6.16. The Morgan fingerprint density at radius 2 is 0.917 bits per heavy atom. The molecular formula is C41H33F3N2O2. The van der Waals surface area contributed by atoms with Crippen LogP contribution in [-0.4, -0.2) is 7.05 Å². The van der Waals surface area contributed by atoms with Crippen molar-refractivity contribution in [2.75, 3.05) is 16.8 Å². The second kappa shape index (κ2) is 12.2. The Morgan fingerprint density at radius 3 is 1.44 bits per heavy atom. The van der Waals surface area contributed by atoms with E-state index in [0.717, 1.165) is 78.7 Å². The molecule has 0 saturated carbocycles. The highest BCUT2D eigenvalue weighted by molar-refractivity contribution is 6.08. The second-order valence-electron chi connectivity index (χ2n) is 11.5. The van der Waals surface area contributed by atoms with Crippen molar-refractivity contribution in [3.63, 3.8) is 0 Å². The van der Waals surface area contributed by atoms with Gasteiger partial charge in [-0.3, -0.25) is 0 Å². The molecule has 0 aliphatic rings. The van der Waals surface area contributed by atoms with Gasteiger partial charge in [0, 0.05) is 75.2 Å². The zero-order chi connectivity index (χ0) is 33.6. The minimum atomic E-state index is -4.38. The van der Waals surface area contributed by atoms with Crippen molar-refractivity contribution in [3.8, 4) is 0 Å². The molecule has 8 aromatic rings. The third-order valence-corrected chi connectivity index (χ3v) is 8.55. The molecule has 0 bridgehead atoms. The molecule has 0 aliphatic heterocycles. The predicted octanol–water partition coefficient (Wildman–Crippen LogP) is 13.1. The molecule has 0 fully saturated rings. The van der Waals surface area contributed by atoms with Crippen LogP contribution in [0.3, 0.4) is 0 Å². The zero-order valence-corrected chi connectivity index (χ0v) is 27.0. The quantitative estimate of drug-likeness (QED) is 0.187. The number of nitrogens with zero attached hydrogens (tertiary/aromatic N) is 2. The van der Waals surface area contributed by atoms with E-state index in [0.29, 0.717) is 11.3 Å². The van der Waals surface area contributed by atoms with Gasteiger partial charge in [0.2, 0.25) is 0 Å². The van der Waals surface area contributed by atoms with Gasteiger partial charge in [-0.25, -0.2) is 0 Å². The molecule has 48 heavy (non-hydrogen) atoms. The van der Waals surface area contributed by atoms with Crippen LogP contribution < -0.4 is 9.80 Å².